The van der Waals surface area contributed by atoms with E-state index in [1.54, 1.807) is 16.2 Å². The van der Waals surface area contributed by atoms with Gasteiger partial charge in [-0.1, -0.05) is 12.1 Å². The van der Waals surface area contributed by atoms with Crippen molar-refractivity contribution in [3.8, 4) is 0 Å². The molecule has 0 unspecified atom stereocenters. The Kier molecular flexibility index (Phi) is 4.90. The van der Waals surface area contributed by atoms with Gasteiger partial charge >= 0.3 is 0 Å². The molecule has 0 N–H and O–H groups in total. The van der Waals surface area contributed by atoms with Crippen molar-refractivity contribution in [2.75, 3.05) is 38.3 Å². The molecule has 1 aliphatic heterocycles. The average molecular weight is 370 g/mol. The van der Waals surface area contributed by atoms with E-state index in [1.165, 1.54) is 5.69 Å². The summed E-state index contributed by atoms with van der Waals surface area (Å²) in [6, 6.07) is 8.45. The molecule has 3 aromatic rings. The van der Waals surface area contributed by atoms with Crippen LogP contribution in [0.25, 0.3) is 4.96 Å². The third-order valence-electron chi connectivity index (χ3n) is 4.63. The minimum Gasteiger partial charge on any atom is -0.378 e. The summed E-state index contributed by atoms with van der Waals surface area (Å²) in [7, 11) is 1.84. The number of morpholine rings is 1. The number of hydrogen-bond acceptors (Lipinski definition) is 5. The van der Waals surface area contributed by atoms with E-state index in [-0.39, 0.29) is 5.91 Å². The average Bonchev–Trinajstić information content (AvgIpc) is 3.24. The molecule has 0 atom stereocenters. The lowest BCUT2D eigenvalue weighted by atomic mass is 10.1. The van der Waals surface area contributed by atoms with Crippen molar-refractivity contribution in [1.29, 1.82) is 0 Å². The van der Waals surface area contributed by atoms with E-state index in [2.05, 4.69) is 34.1 Å². The molecule has 136 valence electrons. The lowest BCUT2D eigenvalue weighted by molar-refractivity contribution is -0.129. The van der Waals surface area contributed by atoms with Gasteiger partial charge < -0.3 is 14.5 Å². The lowest BCUT2D eigenvalue weighted by Gasteiger charge is -2.29. The number of aromatic nitrogens is 2. The molecule has 6 nitrogen and oxygen atoms in total. The number of imidazole rings is 1. The van der Waals surface area contributed by atoms with Crippen LogP contribution in [0, 0.1) is 0 Å². The smallest absolute Gasteiger partial charge is 0.228 e. The number of hydrogen-bond donors (Lipinski definition) is 0. The first-order chi connectivity index (χ1) is 12.7. The van der Waals surface area contributed by atoms with Crippen LogP contribution in [0.2, 0.25) is 0 Å². The monoisotopic (exact) mass is 370 g/mol. The molecule has 0 bridgehead atoms. The predicted octanol–water partition coefficient (Wildman–Crippen LogP) is 2.43. The van der Waals surface area contributed by atoms with Crippen LogP contribution >= 0.6 is 11.3 Å². The molecule has 26 heavy (non-hydrogen) atoms. The summed E-state index contributed by atoms with van der Waals surface area (Å²) in [6.07, 6.45) is 4.21. The number of likely N-dealkylation sites (N-methyl/N-ethyl adjacent to an activating group) is 1. The summed E-state index contributed by atoms with van der Waals surface area (Å²) < 4.78 is 7.35. The molecular weight excluding hydrogens is 348 g/mol. The molecule has 1 aromatic carbocycles. The van der Waals surface area contributed by atoms with Crippen molar-refractivity contribution in [2.24, 2.45) is 0 Å². The first kappa shape index (κ1) is 17.1. The number of carbonyl (C=O) groups is 1. The minimum atomic E-state index is 0.0769. The van der Waals surface area contributed by atoms with Crippen LogP contribution in [0.15, 0.2) is 42.0 Å². The number of nitrogens with zero attached hydrogens (tertiary/aromatic N) is 4. The number of thiazole rings is 1. The van der Waals surface area contributed by atoms with Gasteiger partial charge in [0, 0.05) is 50.1 Å². The number of fused-ring (bicyclic) bond motifs is 1. The number of anilines is 1. The molecule has 0 saturated carbocycles. The topological polar surface area (TPSA) is 50.1 Å². The lowest BCUT2D eigenvalue weighted by Crippen LogP contribution is -2.36. The number of amides is 1. The molecule has 0 spiro atoms. The van der Waals surface area contributed by atoms with Gasteiger partial charge in [-0.3, -0.25) is 9.20 Å². The van der Waals surface area contributed by atoms with Gasteiger partial charge in [-0.2, -0.15) is 0 Å². The second-order valence-corrected chi connectivity index (χ2v) is 7.39. The van der Waals surface area contributed by atoms with E-state index in [0.717, 1.165) is 42.5 Å². The zero-order chi connectivity index (χ0) is 17.9. The highest BCUT2D eigenvalue weighted by Crippen LogP contribution is 2.18. The molecule has 1 saturated heterocycles. The summed E-state index contributed by atoms with van der Waals surface area (Å²) >= 11 is 1.57. The van der Waals surface area contributed by atoms with Gasteiger partial charge in [0.15, 0.2) is 4.96 Å². The van der Waals surface area contributed by atoms with Crippen LogP contribution < -0.4 is 4.90 Å². The van der Waals surface area contributed by atoms with Gasteiger partial charge in [0.2, 0.25) is 5.91 Å². The zero-order valence-electron chi connectivity index (χ0n) is 14.8. The Labute approximate surface area is 156 Å². The predicted molar refractivity (Wildman–Crippen MR) is 103 cm³/mol. The summed E-state index contributed by atoms with van der Waals surface area (Å²) in [6.45, 7) is 4.03. The molecule has 3 heterocycles. The van der Waals surface area contributed by atoms with E-state index in [4.69, 9.17) is 4.74 Å². The maximum atomic E-state index is 12.5. The van der Waals surface area contributed by atoms with E-state index in [1.807, 2.05) is 29.2 Å². The SMILES string of the molecule is CN(Cc1ccc(N2CCOCC2)cc1)C(=O)Cc1cn2ccsc2n1. The third kappa shape index (κ3) is 3.73. The van der Waals surface area contributed by atoms with Crippen molar-refractivity contribution >= 4 is 27.9 Å². The molecule has 1 fully saturated rings. The van der Waals surface area contributed by atoms with Crippen LogP contribution in [0.4, 0.5) is 5.69 Å². The van der Waals surface area contributed by atoms with Gasteiger partial charge in [-0.05, 0) is 17.7 Å². The van der Waals surface area contributed by atoms with Crippen molar-refractivity contribution in [2.45, 2.75) is 13.0 Å². The Morgan fingerprint density at radius 1 is 1.27 bits per heavy atom. The highest BCUT2D eigenvalue weighted by atomic mass is 32.1. The Bertz CT molecular complexity index is 852. The standard InChI is InChI=1S/C19H22N4O2S/c1-21(18(24)12-16-14-23-8-11-26-19(23)20-16)13-15-2-4-17(5-3-15)22-6-9-25-10-7-22/h2-5,8,11,14H,6-7,9-10,12-13H2,1H3. The normalized spacial score (nSPS) is 14.7. The Morgan fingerprint density at radius 3 is 2.77 bits per heavy atom. The molecule has 0 radical (unpaired) electrons. The van der Waals surface area contributed by atoms with E-state index < -0.39 is 0 Å². The number of benzene rings is 1. The first-order valence-corrected chi connectivity index (χ1v) is 9.64. The van der Waals surface area contributed by atoms with Crippen molar-refractivity contribution < 1.29 is 9.53 Å². The van der Waals surface area contributed by atoms with Crippen molar-refractivity contribution in [3.63, 3.8) is 0 Å². The Balaban J connectivity index is 1.35. The maximum absolute atomic E-state index is 12.5. The number of ether oxygens (including phenoxy) is 1. The minimum absolute atomic E-state index is 0.0769. The fraction of sp³-hybridized carbons (Fsp3) is 0.368. The Morgan fingerprint density at radius 2 is 2.04 bits per heavy atom. The zero-order valence-corrected chi connectivity index (χ0v) is 15.6. The maximum Gasteiger partial charge on any atom is 0.228 e. The van der Waals surface area contributed by atoms with Gasteiger partial charge in [0.25, 0.3) is 0 Å². The molecule has 0 aliphatic carbocycles. The summed E-state index contributed by atoms with van der Waals surface area (Å²) in [5.74, 6) is 0.0769. The van der Waals surface area contributed by atoms with Gasteiger partial charge in [0.05, 0.1) is 25.3 Å². The summed E-state index contributed by atoms with van der Waals surface area (Å²) in [4.78, 5) is 22.0. The van der Waals surface area contributed by atoms with E-state index in [0.29, 0.717) is 13.0 Å². The van der Waals surface area contributed by atoms with Crippen LogP contribution in [0.5, 0.6) is 0 Å². The van der Waals surface area contributed by atoms with E-state index >= 15 is 0 Å². The fourth-order valence-electron chi connectivity index (χ4n) is 3.15. The second kappa shape index (κ2) is 7.47. The third-order valence-corrected chi connectivity index (χ3v) is 5.40. The highest BCUT2D eigenvalue weighted by molar-refractivity contribution is 7.15. The second-order valence-electron chi connectivity index (χ2n) is 6.52. The summed E-state index contributed by atoms with van der Waals surface area (Å²) in [5.41, 5.74) is 3.16. The number of carbonyl (C=O) groups excluding carboxylic acids is 1. The molecule has 7 heteroatoms. The van der Waals surface area contributed by atoms with Gasteiger partial charge in [0.1, 0.15) is 0 Å². The van der Waals surface area contributed by atoms with Crippen molar-refractivity contribution in [1.82, 2.24) is 14.3 Å². The van der Waals surface area contributed by atoms with Crippen LogP contribution in [0.3, 0.4) is 0 Å². The van der Waals surface area contributed by atoms with Crippen LogP contribution in [0.1, 0.15) is 11.3 Å². The quantitative estimate of drug-likeness (QED) is 0.692. The van der Waals surface area contributed by atoms with Crippen LogP contribution in [-0.4, -0.2) is 53.5 Å². The molecule has 2 aromatic heterocycles. The molecule has 4 rings (SSSR count). The Hall–Kier alpha value is -2.38. The first-order valence-electron chi connectivity index (χ1n) is 8.76. The van der Waals surface area contributed by atoms with Gasteiger partial charge in [-0.25, -0.2) is 4.98 Å². The summed E-state index contributed by atoms with van der Waals surface area (Å²) in [5, 5.41) is 1.99. The van der Waals surface area contributed by atoms with E-state index in [9.17, 15) is 4.79 Å². The molecular formula is C19H22N4O2S. The molecule has 1 amide bonds. The highest BCUT2D eigenvalue weighted by Gasteiger charge is 2.14. The van der Waals surface area contributed by atoms with Crippen LogP contribution in [-0.2, 0) is 22.5 Å². The van der Waals surface area contributed by atoms with Crippen molar-refractivity contribution in [3.05, 3.63) is 53.3 Å². The fourth-order valence-corrected chi connectivity index (χ4v) is 3.87. The number of rotatable bonds is 5. The molecule has 1 aliphatic rings. The van der Waals surface area contributed by atoms with Gasteiger partial charge in [-0.15, -0.1) is 11.3 Å². The largest absolute Gasteiger partial charge is 0.378 e.